The zero-order valence-corrected chi connectivity index (χ0v) is 13.5. The summed E-state index contributed by atoms with van der Waals surface area (Å²) in [5, 5.41) is 3.37. The highest BCUT2D eigenvalue weighted by molar-refractivity contribution is 5.58. The summed E-state index contributed by atoms with van der Waals surface area (Å²) in [6.07, 6.45) is 3.52. The second-order valence-electron chi connectivity index (χ2n) is 5.47. The Hall–Kier alpha value is -2.82. The van der Waals surface area contributed by atoms with Crippen LogP contribution in [-0.4, -0.2) is 19.9 Å². The Morgan fingerprint density at radius 3 is 2.57 bits per heavy atom. The third-order valence-corrected chi connectivity index (χ3v) is 3.69. The second kappa shape index (κ2) is 6.52. The molecule has 1 N–H and O–H groups in total. The van der Waals surface area contributed by atoms with Gasteiger partial charge in [0.1, 0.15) is 5.82 Å². The van der Waals surface area contributed by atoms with Gasteiger partial charge in [0, 0.05) is 34.9 Å². The molecule has 0 aromatic carbocycles. The SMILES string of the molecule is Cc1cccc(CNc2nc(-c3cccnc3)nc(C)c2C)n1. The number of nitrogens with zero attached hydrogens (tertiary/aromatic N) is 4. The first kappa shape index (κ1) is 15.1. The molecule has 0 amide bonds. The van der Waals surface area contributed by atoms with Gasteiger partial charge < -0.3 is 5.32 Å². The van der Waals surface area contributed by atoms with Crippen molar-refractivity contribution in [1.82, 2.24) is 19.9 Å². The summed E-state index contributed by atoms with van der Waals surface area (Å²) in [4.78, 5) is 17.9. The molecule has 23 heavy (non-hydrogen) atoms. The predicted octanol–water partition coefficient (Wildman–Crippen LogP) is 3.47. The van der Waals surface area contributed by atoms with E-state index in [4.69, 9.17) is 0 Å². The van der Waals surface area contributed by atoms with Crippen LogP contribution in [0.2, 0.25) is 0 Å². The number of rotatable bonds is 4. The fraction of sp³-hybridized carbons (Fsp3) is 0.222. The van der Waals surface area contributed by atoms with Crippen molar-refractivity contribution in [2.45, 2.75) is 27.3 Å². The first-order valence-electron chi connectivity index (χ1n) is 7.55. The van der Waals surface area contributed by atoms with Gasteiger partial charge in [-0.25, -0.2) is 9.97 Å². The minimum Gasteiger partial charge on any atom is -0.364 e. The van der Waals surface area contributed by atoms with Crippen molar-refractivity contribution in [2.24, 2.45) is 0 Å². The zero-order chi connectivity index (χ0) is 16.2. The van der Waals surface area contributed by atoms with Crippen LogP contribution in [0.3, 0.4) is 0 Å². The van der Waals surface area contributed by atoms with Crippen molar-refractivity contribution in [3.8, 4) is 11.4 Å². The molecule has 0 saturated carbocycles. The van der Waals surface area contributed by atoms with E-state index in [-0.39, 0.29) is 0 Å². The molecule has 0 aliphatic heterocycles. The van der Waals surface area contributed by atoms with Gasteiger partial charge in [-0.05, 0) is 45.0 Å². The number of pyridine rings is 2. The lowest BCUT2D eigenvalue weighted by molar-refractivity contribution is 0.982. The Morgan fingerprint density at radius 1 is 0.957 bits per heavy atom. The van der Waals surface area contributed by atoms with Gasteiger partial charge in [0.15, 0.2) is 5.82 Å². The van der Waals surface area contributed by atoms with Crippen LogP contribution < -0.4 is 5.32 Å². The maximum absolute atomic E-state index is 4.65. The number of aryl methyl sites for hydroxylation is 2. The monoisotopic (exact) mass is 305 g/mol. The highest BCUT2D eigenvalue weighted by atomic mass is 15.0. The van der Waals surface area contributed by atoms with E-state index < -0.39 is 0 Å². The molecule has 0 fully saturated rings. The van der Waals surface area contributed by atoms with Crippen LogP contribution in [0, 0.1) is 20.8 Å². The van der Waals surface area contributed by atoms with E-state index in [0.29, 0.717) is 12.4 Å². The third kappa shape index (κ3) is 3.51. The summed E-state index contributed by atoms with van der Waals surface area (Å²) >= 11 is 0. The smallest absolute Gasteiger partial charge is 0.163 e. The topological polar surface area (TPSA) is 63.6 Å². The molecule has 3 rings (SSSR count). The molecule has 0 spiro atoms. The molecule has 5 heteroatoms. The molecule has 5 nitrogen and oxygen atoms in total. The van der Waals surface area contributed by atoms with Crippen LogP contribution in [0.4, 0.5) is 5.82 Å². The molecular weight excluding hydrogens is 286 g/mol. The summed E-state index contributed by atoms with van der Waals surface area (Å²) in [6, 6.07) is 9.86. The molecule has 0 bridgehead atoms. The van der Waals surface area contributed by atoms with E-state index in [1.54, 1.807) is 12.4 Å². The van der Waals surface area contributed by atoms with Crippen LogP contribution >= 0.6 is 0 Å². The van der Waals surface area contributed by atoms with Crippen molar-refractivity contribution in [3.63, 3.8) is 0 Å². The molecular formula is C18H19N5. The van der Waals surface area contributed by atoms with Crippen LogP contribution in [-0.2, 0) is 6.54 Å². The van der Waals surface area contributed by atoms with Crippen LogP contribution in [0.15, 0.2) is 42.7 Å². The van der Waals surface area contributed by atoms with E-state index in [1.807, 2.05) is 51.1 Å². The number of anilines is 1. The van der Waals surface area contributed by atoms with Crippen LogP contribution in [0.5, 0.6) is 0 Å². The van der Waals surface area contributed by atoms with Gasteiger partial charge in [-0.2, -0.15) is 0 Å². The first-order valence-corrected chi connectivity index (χ1v) is 7.55. The minimum atomic E-state index is 0.630. The quantitative estimate of drug-likeness (QED) is 0.799. The summed E-state index contributed by atoms with van der Waals surface area (Å²) in [7, 11) is 0. The van der Waals surface area contributed by atoms with Crippen molar-refractivity contribution >= 4 is 5.82 Å². The average Bonchev–Trinajstić information content (AvgIpc) is 2.57. The van der Waals surface area contributed by atoms with Crippen molar-refractivity contribution in [2.75, 3.05) is 5.32 Å². The minimum absolute atomic E-state index is 0.630. The molecule has 0 radical (unpaired) electrons. The summed E-state index contributed by atoms with van der Waals surface area (Å²) in [5.74, 6) is 1.51. The maximum Gasteiger partial charge on any atom is 0.163 e. The van der Waals surface area contributed by atoms with E-state index in [2.05, 4.69) is 25.3 Å². The highest BCUT2D eigenvalue weighted by Gasteiger charge is 2.10. The second-order valence-corrected chi connectivity index (χ2v) is 5.47. The molecule has 0 aliphatic rings. The number of nitrogens with one attached hydrogen (secondary N) is 1. The highest BCUT2D eigenvalue weighted by Crippen LogP contribution is 2.21. The van der Waals surface area contributed by atoms with Gasteiger partial charge in [0.05, 0.1) is 12.2 Å². The lowest BCUT2D eigenvalue weighted by Gasteiger charge is -2.12. The Morgan fingerprint density at radius 2 is 1.83 bits per heavy atom. The predicted molar refractivity (Wildman–Crippen MR) is 91.0 cm³/mol. The third-order valence-electron chi connectivity index (χ3n) is 3.69. The lowest BCUT2D eigenvalue weighted by Crippen LogP contribution is -2.08. The van der Waals surface area contributed by atoms with E-state index in [9.17, 15) is 0 Å². The Bertz CT molecular complexity index is 815. The van der Waals surface area contributed by atoms with E-state index in [1.165, 1.54) is 0 Å². The van der Waals surface area contributed by atoms with Gasteiger partial charge in [0.2, 0.25) is 0 Å². The molecule has 3 heterocycles. The fourth-order valence-electron chi connectivity index (χ4n) is 2.30. The maximum atomic E-state index is 4.65. The molecule has 3 aromatic rings. The summed E-state index contributed by atoms with van der Waals surface area (Å²) in [6.45, 7) is 6.64. The molecule has 3 aromatic heterocycles. The van der Waals surface area contributed by atoms with Gasteiger partial charge >= 0.3 is 0 Å². The van der Waals surface area contributed by atoms with Crippen molar-refractivity contribution in [3.05, 3.63) is 65.4 Å². The number of aromatic nitrogens is 4. The standard InChI is InChI=1S/C18H19N5/c1-12-6-4-8-16(21-12)11-20-17-13(2)14(3)22-18(23-17)15-7-5-9-19-10-15/h4-10H,11H2,1-3H3,(H,20,22,23). The first-order chi connectivity index (χ1) is 11.1. The number of hydrogen-bond donors (Lipinski definition) is 1. The summed E-state index contributed by atoms with van der Waals surface area (Å²) in [5.41, 5.74) is 4.91. The Kier molecular flexibility index (Phi) is 4.28. The van der Waals surface area contributed by atoms with Crippen molar-refractivity contribution < 1.29 is 0 Å². The fourth-order valence-corrected chi connectivity index (χ4v) is 2.30. The largest absolute Gasteiger partial charge is 0.364 e. The molecule has 116 valence electrons. The van der Waals surface area contributed by atoms with Crippen molar-refractivity contribution in [1.29, 1.82) is 0 Å². The Labute approximate surface area is 135 Å². The normalized spacial score (nSPS) is 10.6. The summed E-state index contributed by atoms with van der Waals surface area (Å²) < 4.78 is 0. The average molecular weight is 305 g/mol. The van der Waals surface area contributed by atoms with Crippen LogP contribution in [0.1, 0.15) is 22.6 Å². The van der Waals surface area contributed by atoms with Gasteiger partial charge in [-0.15, -0.1) is 0 Å². The van der Waals surface area contributed by atoms with E-state index in [0.717, 1.165) is 34.0 Å². The lowest BCUT2D eigenvalue weighted by atomic mass is 10.2. The van der Waals surface area contributed by atoms with Gasteiger partial charge in [-0.1, -0.05) is 6.07 Å². The Balaban J connectivity index is 1.88. The molecule has 0 saturated heterocycles. The molecule has 0 unspecified atom stereocenters. The molecule has 0 atom stereocenters. The van der Waals surface area contributed by atoms with E-state index >= 15 is 0 Å². The zero-order valence-electron chi connectivity index (χ0n) is 13.5. The number of hydrogen-bond acceptors (Lipinski definition) is 5. The van der Waals surface area contributed by atoms with Gasteiger partial charge in [0.25, 0.3) is 0 Å². The molecule has 0 aliphatic carbocycles. The van der Waals surface area contributed by atoms with Crippen LogP contribution in [0.25, 0.3) is 11.4 Å². The van der Waals surface area contributed by atoms with Gasteiger partial charge in [-0.3, -0.25) is 9.97 Å².